The fraction of sp³-hybridized carbons (Fsp3) is 0.609. The Hall–Kier alpha value is -2.57. The number of carbonyl (C=O) groups excluding carboxylic acids is 3. The van der Waals surface area contributed by atoms with E-state index in [0.29, 0.717) is 31.0 Å². The Morgan fingerprint density at radius 3 is 2.17 bits per heavy atom. The van der Waals surface area contributed by atoms with E-state index in [-0.39, 0.29) is 24.3 Å². The molecule has 2 rings (SSSR count). The van der Waals surface area contributed by atoms with E-state index in [1.165, 1.54) is 6.42 Å². The van der Waals surface area contributed by atoms with Gasteiger partial charge in [-0.3, -0.25) is 9.59 Å². The summed E-state index contributed by atoms with van der Waals surface area (Å²) in [6.07, 6.45) is 5.41. The summed E-state index contributed by atoms with van der Waals surface area (Å²) < 4.78 is 10.7. The van der Waals surface area contributed by atoms with Crippen LogP contribution in [0.4, 0.5) is 0 Å². The third-order valence-electron chi connectivity index (χ3n) is 5.18. The average Bonchev–Trinajstić information content (AvgIpc) is 2.70. The Kier molecular flexibility index (Phi) is 9.64. The molecular formula is C23H34N2O5. The van der Waals surface area contributed by atoms with Gasteiger partial charge in [-0.25, -0.2) is 4.79 Å². The molecule has 1 fully saturated rings. The summed E-state index contributed by atoms with van der Waals surface area (Å²) >= 11 is 0. The van der Waals surface area contributed by atoms with Crippen molar-refractivity contribution in [1.29, 1.82) is 0 Å². The van der Waals surface area contributed by atoms with Gasteiger partial charge in [-0.2, -0.15) is 0 Å². The first-order valence-corrected chi connectivity index (χ1v) is 10.9. The first kappa shape index (κ1) is 23.7. The van der Waals surface area contributed by atoms with E-state index < -0.39 is 12.0 Å². The highest BCUT2D eigenvalue weighted by Crippen LogP contribution is 2.14. The number of hydrogen-bond donors (Lipinski definition) is 1. The van der Waals surface area contributed by atoms with Gasteiger partial charge >= 0.3 is 5.97 Å². The van der Waals surface area contributed by atoms with Gasteiger partial charge in [0.1, 0.15) is 11.8 Å². The SMILES string of the molecule is CCOc1ccc(C(=O)N[C@H](C(=O)OCC(=O)N2CCCCCCC2)C(C)C)cc1. The molecule has 166 valence electrons. The standard InChI is InChI=1S/C23H34N2O5/c1-4-29-19-12-10-18(11-13-19)22(27)24-21(17(2)3)23(28)30-16-20(26)25-14-8-6-5-7-9-15-25/h10-13,17,21H,4-9,14-16H2,1-3H3,(H,24,27)/t21-/m0/s1. The van der Waals surface area contributed by atoms with E-state index in [1.807, 2.05) is 20.8 Å². The Morgan fingerprint density at radius 1 is 1.00 bits per heavy atom. The van der Waals surface area contributed by atoms with Crippen molar-refractivity contribution in [2.45, 2.75) is 58.9 Å². The van der Waals surface area contributed by atoms with Gasteiger partial charge in [-0.05, 0) is 49.9 Å². The highest BCUT2D eigenvalue weighted by molar-refractivity contribution is 5.97. The molecule has 1 heterocycles. The molecule has 0 radical (unpaired) electrons. The highest BCUT2D eigenvalue weighted by Gasteiger charge is 2.27. The molecule has 1 aliphatic heterocycles. The summed E-state index contributed by atoms with van der Waals surface area (Å²) in [6.45, 7) is 7.20. The Balaban J connectivity index is 1.90. The van der Waals surface area contributed by atoms with Gasteiger partial charge in [0.15, 0.2) is 6.61 Å². The summed E-state index contributed by atoms with van der Waals surface area (Å²) in [5, 5.41) is 2.73. The molecular weight excluding hydrogens is 384 g/mol. The number of esters is 1. The molecule has 1 aliphatic rings. The monoisotopic (exact) mass is 418 g/mol. The number of nitrogens with zero attached hydrogens (tertiary/aromatic N) is 1. The maximum Gasteiger partial charge on any atom is 0.329 e. The van der Waals surface area contributed by atoms with E-state index in [0.717, 1.165) is 25.7 Å². The molecule has 0 aromatic heterocycles. The zero-order chi connectivity index (χ0) is 21.9. The van der Waals surface area contributed by atoms with Crippen molar-refractivity contribution >= 4 is 17.8 Å². The van der Waals surface area contributed by atoms with Crippen LogP contribution in [-0.4, -0.2) is 55.0 Å². The Morgan fingerprint density at radius 2 is 1.60 bits per heavy atom. The number of nitrogens with one attached hydrogen (secondary N) is 1. The topological polar surface area (TPSA) is 84.9 Å². The zero-order valence-corrected chi connectivity index (χ0v) is 18.3. The van der Waals surface area contributed by atoms with Crippen molar-refractivity contribution in [2.75, 3.05) is 26.3 Å². The minimum absolute atomic E-state index is 0.175. The molecule has 0 saturated carbocycles. The van der Waals surface area contributed by atoms with Gasteiger partial charge in [0, 0.05) is 18.7 Å². The van der Waals surface area contributed by atoms with Gasteiger partial charge in [0.25, 0.3) is 11.8 Å². The van der Waals surface area contributed by atoms with Crippen LogP contribution >= 0.6 is 0 Å². The van der Waals surface area contributed by atoms with Crippen molar-refractivity contribution in [3.63, 3.8) is 0 Å². The molecule has 0 spiro atoms. The minimum Gasteiger partial charge on any atom is -0.494 e. The molecule has 0 aliphatic carbocycles. The first-order chi connectivity index (χ1) is 14.4. The molecule has 1 N–H and O–H groups in total. The van der Waals surface area contributed by atoms with Crippen molar-refractivity contribution in [3.05, 3.63) is 29.8 Å². The Bertz CT molecular complexity index is 694. The van der Waals surface area contributed by atoms with Crippen molar-refractivity contribution in [2.24, 2.45) is 5.92 Å². The molecule has 30 heavy (non-hydrogen) atoms. The number of ether oxygens (including phenoxy) is 2. The summed E-state index contributed by atoms with van der Waals surface area (Å²) in [4.78, 5) is 39.3. The number of amides is 2. The lowest BCUT2D eigenvalue weighted by molar-refractivity contribution is -0.154. The summed E-state index contributed by atoms with van der Waals surface area (Å²) in [5.74, 6) is -0.642. The van der Waals surface area contributed by atoms with Crippen LogP contribution in [0.25, 0.3) is 0 Å². The van der Waals surface area contributed by atoms with Crippen LogP contribution in [0.2, 0.25) is 0 Å². The van der Waals surface area contributed by atoms with E-state index in [9.17, 15) is 14.4 Å². The number of rotatable bonds is 8. The minimum atomic E-state index is -0.829. The lowest BCUT2D eigenvalue weighted by Gasteiger charge is -2.25. The second kappa shape index (κ2) is 12.2. The summed E-state index contributed by atoms with van der Waals surface area (Å²) in [7, 11) is 0. The molecule has 7 heteroatoms. The number of benzene rings is 1. The van der Waals surface area contributed by atoms with E-state index in [1.54, 1.807) is 29.2 Å². The second-order valence-corrected chi connectivity index (χ2v) is 7.91. The van der Waals surface area contributed by atoms with Crippen LogP contribution in [0, 0.1) is 5.92 Å². The first-order valence-electron chi connectivity index (χ1n) is 10.9. The largest absolute Gasteiger partial charge is 0.494 e. The van der Waals surface area contributed by atoms with Gasteiger partial charge in [0.2, 0.25) is 0 Å². The van der Waals surface area contributed by atoms with Gasteiger partial charge in [-0.15, -0.1) is 0 Å². The molecule has 1 aromatic carbocycles. The number of carbonyl (C=O) groups is 3. The van der Waals surface area contributed by atoms with Gasteiger partial charge < -0.3 is 19.7 Å². The predicted octanol–water partition coefficient (Wildman–Crippen LogP) is 3.18. The number of hydrogen-bond acceptors (Lipinski definition) is 5. The maximum absolute atomic E-state index is 12.6. The highest BCUT2D eigenvalue weighted by atomic mass is 16.5. The molecule has 1 aromatic rings. The fourth-order valence-corrected chi connectivity index (χ4v) is 3.40. The third kappa shape index (κ3) is 7.35. The van der Waals surface area contributed by atoms with Crippen LogP contribution in [0.5, 0.6) is 5.75 Å². The van der Waals surface area contributed by atoms with Crippen molar-refractivity contribution in [1.82, 2.24) is 10.2 Å². The van der Waals surface area contributed by atoms with Crippen molar-refractivity contribution < 1.29 is 23.9 Å². The molecule has 1 saturated heterocycles. The number of likely N-dealkylation sites (tertiary alicyclic amines) is 1. The molecule has 7 nitrogen and oxygen atoms in total. The normalized spacial score (nSPS) is 15.7. The van der Waals surface area contributed by atoms with E-state index >= 15 is 0 Å². The molecule has 2 amide bonds. The zero-order valence-electron chi connectivity index (χ0n) is 18.3. The van der Waals surface area contributed by atoms with Gasteiger partial charge in [-0.1, -0.05) is 33.1 Å². The lowest BCUT2D eigenvalue weighted by Crippen LogP contribution is -2.46. The summed E-state index contributed by atoms with van der Waals surface area (Å²) in [6, 6.07) is 5.89. The fourth-order valence-electron chi connectivity index (χ4n) is 3.40. The quantitative estimate of drug-likeness (QED) is 0.656. The molecule has 1 atom stereocenters. The molecule has 0 bridgehead atoms. The second-order valence-electron chi connectivity index (χ2n) is 7.91. The van der Waals surface area contributed by atoms with Gasteiger partial charge in [0.05, 0.1) is 6.61 Å². The predicted molar refractivity (Wildman–Crippen MR) is 114 cm³/mol. The van der Waals surface area contributed by atoms with Crippen LogP contribution < -0.4 is 10.1 Å². The molecule has 0 unspecified atom stereocenters. The lowest BCUT2D eigenvalue weighted by atomic mass is 10.0. The van der Waals surface area contributed by atoms with E-state index in [2.05, 4.69) is 5.32 Å². The Labute approximate surface area is 179 Å². The third-order valence-corrected chi connectivity index (χ3v) is 5.18. The average molecular weight is 419 g/mol. The van der Waals surface area contributed by atoms with Crippen molar-refractivity contribution in [3.8, 4) is 5.75 Å². The van der Waals surface area contributed by atoms with Crippen LogP contribution in [0.1, 0.15) is 63.2 Å². The van der Waals surface area contributed by atoms with E-state index in [4.69, 9.17) is 9.47 Å². The van der Waals surface area contributed by atoms with Crippen LogP contribution in [0.15, 0.2) is 24.3 Å². The smallest absolute Gasteiger partial charge is 0.329 e. The van der Waals surface area contributed by atoms with Crippen LogP contribution in [0.3, 0.4) is 0 Å². The summed E-state index contributed by atoms with van der Waals surface area (Å²) in [5.41, 5.74) is 0.425. The maximum atomic E-state index is 12.6. The van der Waals surface area contributed by atoms with Crippen LogP contribution in [-0.2, 0) is 14.3 Å².